The van der Waals surface area contributed by atoms with Crippen molar-refractivity contribution >= 4 is 11.8 Å². The average molecular weight is 406 g/mol. The van der Waals surface area contributed by atoms with E-state index >= 15 is 0 Å². The van der Waals surface area contributed by atoms with Gasteiger partial charge in [0.25, 0.3) is 5.91 Å². The van der Waals surface area contributed by atoms with Gasteiger partial charge in [0.1, 0.15) is 6.04 Å². The average Bonchev–Trinajstić information content (AvgIpc) is 2.82. The number of nitrogens with zero attached hydrogens (tertiary/aromatic N) is 1. The van der Waals surface area contributed by atoms with Gasteiger partial charge in [-0.2, -0.15) is 0 Å². The molecule has 1 saturated heterocycles. The number of rotatable bonds is 5. The van der Waals surface area contributed by atoms with Crippen LogP contribution in [-0.4, -0.2) is 29.8 Å². The fourth-order valence-electron chi connectivity index (χ4n) is 4.97. The summed E-state index contributed by atoms with van der Waals surface area (Å²) in [5.41, 5.74) is 7.95. The quantitative estimate of drug-likeness (QED) is 0.797. The second kappa shape index (κ2) is 9.43. The molecule has 2 fully saturated rings. The SMILES string of the molecule is NCc1cccc(C(=O)N[C@@H](C(=O)N2CCC3CCCCC3C2)c2ccccc2)c1. The molecule has 3 atom stereocenters. The van der Waals surface area contributed by atoms with Crippen molar-refractivity contribution in [1.29, 1.82) is 0 Å². The van der Waals surface area contributed by atoms with Crippen LogP contribution in [0.2, 0.25) is 0 Å². The number of carbonyl (C=O) groups is 2. The minimum absolute atomic E-state index is 0.00597. The monoisotopic (exact) mass is 405 g/mol. The van der Waals surface area contributed by atoms with E-state index in [1.165, 1.54) is 25.7 Å². The number of benzene rings is 2. The standard InChI is InChI=1S/C25H31N3O2/c26-16-18-7-6-12-21(15-18)24(29)27-23(20-9-2-1-3-10-20)25(30)28-14-13-19-8-4-5-11-22(19)17-28/h1-3,6-7,9-10,12,15,19,22-23H,4-5,8,11,13-14,16-17,26H2,(H,27,29)/t19?,22?,23-/m1/s1. The predicted octanol–water partition coefficient (Wildman–Crippen LogP) is 3.66. The Morgan fingerprint density at radius 2 is 1.77 bits per heavy atom. The van der Waals surface area contributed by atoms with Crippen LogP contribution in [0.4, 0.5) is 0 Å². The van der Waals surface area contributed by atoms with Crippen LogP contribution in [0.5, 0.6) is 0 Å². The first kappa shape index (κ1) is 20.6. The Morgan fingerprint density at radius 1 is 1.00 bits per heavy atom. The molecule has 1 saturated carbocycles. The van der Waals surface area contributed by atoms with Gasteiger partial charge in [0.15, 0.2) is 0 Å². The van der Waals surface area contributed by atoms with E-state index < -0.39 is 6.04 Å². The van der Waals surface area contributed by atoms with Crippen molar-refractivity contribution in [3.8, 4) is 0 Å². The molecule has 5 heteroatoms. The van der Waals surface area contributed by atoms with Crippen molar-refractivity contribution in [2.24, 2.45) is 17.6 Å². The van der Waals surface area contributed by atoms with E-state index in [1.54, 1.807) is 12.1 Å². The van der Waals surface area contributed by atoms with Crippen LogP contribution >= 0.6 is 0 Å². The third kappa shape index (κ3) is 4.57. The van der Waals surface area contributed by atoms with E-state index in [0.29, 0.717) is 18.0 Å². The number of likely N-dealkylation sites (tertiary alicyclic amines) is 1. The van der Waals surface area contributed by atoms with E-state index in [2.05, 4.69) is 5.32 Å². The van der Waals surface area contributed by atoms with Crippen molar-refractivity contribution < 1.29 is 9.59 Å². The fraction of sp³-hybridized carbons (Fsp3) is 0.440. The molecule has 3 N–H and O–H groups in total. The summed E-state index contributed by atoms with van der Waals surface area (Å²) >= 11 is 0. The van der Waals surface area contributed by atoms with Crippen LogP contribution < -0.4 is 11.1 Å². The molecule has 1 aliphatic heterocycles. The highest BCUT2D eigenvalue weighted by Crippen LogP contribution is 2.36. The molecule has 0 aromatic heterocycles. The Morgan fingerprint density at radius 3 is 2.53 bits per heavy atom. The second-order valence-electron chi connectivity index (χ2n) is 8.60. The molecule has 5 nitrogen and oxygen atoms in total. The normalized spacial score (nSPS) is 22.1. The number of piperidine rings is 1. The summed E-state index contributed by atoms with van der Waals surface area (Å²) in [6.45, 7) is 1.96. The van der Waals surface area contributed by atoms with Crippen LogP contribution in [-0.2, 0) is 11.3 Å². The lowest BCUT2D eigenvalue weighted by atomic mass is 9.75. The number of amides is 2. The number of hydrogen-bond acceptors (Lipinski definition) is 3. The first-order chi connectivity index (χ1) is 14.7. The first-order valence-electron chi connectivity index (χ1n) is 11.1. The number of nitrogens with one attached hydrogen (secondary N) is 1. The number of carbonyl (C=O) groups excluding carboxylic acids is 2. The summed E-state index contributed by atoms with van der Waals surface area (Å²) in [5, 5.41) is 3.00. The van der Waals surface area contributed by atoms with E-state index in [-0.39, 0.29) is 11.8 Å². The Hall–Kier alpha value is -2.66. The van der Waals surface area contributed by atoms with E-state index in [9.17, 15) is 9.59 Å². The molecule has 2 amide bonds. The summed E-state index contributed by atoms with van der Waals surface area (Å²) in [6, 6.07) is 16.1. The highest BCUT2D eigenvalue weighted by atomic mass is 16.2. The molecule has 1 aliphatic carbocycles. The molecule has 0 bridgehead atoms. The molecule has 1 heterocycles. The van der Waals surface area contributed by atoms with Gasteiger partial charge in [-0.1, -0.05) is 61.7 Å². The van der Waals surface area contributed by atoms with Crippen molar-refractivity contribution in [2.45, 2.75) is 44.7 Å². The van der Waals surface area contributed by atoms with Gasteiger partial charge < -0.3 is 16.0 Å². The largest absolute Gasteiger partial charge is 0.340 e. The minimum Gasteiger partial charge on any atom is -0.340 e. The maximum Gasteiger partial charge on any atom is 0.252 e. The van der Waals surface area contributed by atoms with Crippen LogP contribution in [0.25, 0.3) is 0 Å². The van der Waals surface area contributed by atoms with Crippen LogP contribution in [0.15, 0.2) is 54.6 Å². The zero-order chi connectivity index (χ0) is 20.9. The van der Waals surface area contributed by atoms with Gasteiger partial charge >= 0.3 is 0 Å². The summed E-state index contributed by atoms with van der Waals surface area (Å²) in [4.78, 5) is 28.5. The fourth-order valence-corrected chi connectivity index (χ4v) is 4.97. The van der Waals surface area contributed by atoms with Crippen LogP contribution in [0, 0.1) is 11.8 Å². The van der Waals surface area contributed by atoms with Crippen molar-refractivity contribution in [1.82, 2.24) is 10.2 Å². The molecular weight excluding hydrogens is 374 g/mol. The Kier molecular flexibility index (Phi) is 6.48. The summed E-state index contributed by atoms with van der Waals surface area (Å²) in [7, 11) is 0. The molecule has 2 aromatic carbocycles. The number of hydrogen-bond donors (Lipinski definition) is 2. The van der Waals surface area contributed by atoms with Crippen molar-refractivity contribution in [3.05, 3.63) is 71.3 Å². The Labute approximate surface area is 178 Å². The lowest BCUT2D eigenvalue weighted by Gasteiger charge is -2.42. The van der Waals surface area contributed by atoms with E-state index in [4.69, 9.17) is 5.73 Å². The van der Waals surface area contributed by atoms with Gasteiger partial charge in [0, 0.05) is 25.2 Å². The molecule has 0 radical (unpaired) electrons. The zero-order valence-corrected chi connectivity index (χ0v) is 17.4. The maximum absolute atomic E-state index is 13.6. The molecule has 30 heavy (non-hydrogen) atoms. The molecule has 158 valence electrons. The van der Waals surface area contributed by atoms with E-state index in [1.807, 2.05) is 47.4 Å². The Balaban J connectivity index is 1.54. The molecule has 4 rings (SSSR count). The highest BCUT2D eigenvalue weighted by molar-refractivity contribution is 5.98. The van der Waals surface area contributed by atoms with Gasteiger partial charge in [0.05, 0.1) is 0 Å². The molecule has 2 aromatic rings. The summed E-state index contributed by atoms with van der Waals surface area (Å²) in [6.07, 6.45) is 6.16. The zero-order valence-electron chi connectivity index (χ0n) is 17.4. The predicted molar refractivity (Wildman–Crippen MR) is 118 cm³/mol. The van der Waals surface area contributed by atoms with Gasteiger partial charge in [-0.15, -0.1) is 0 Å². The minimum atomic E-state index is -0.680. The highest BCUT2D eigenvalue weighted by Gasteiger charge is 2.36. The molecular formula is C25H31N3O2. The number of nitrogens with two attached hydrogens (primary N) is 1. The van der Waals surface area contributed by atoms with Gasteiger partial charge in [-0.3, -0.25) is 9.59 Å². The van der Waals surface area contributed by atoms with Gasteiger partial charge in [-0.05, 0) is 47.9 Å². The third-order valence-corrected chi connectivity index (χ3v) is 6.68. The lowest BCUT2D eigenvalue weighted by molar-refractivity contribution is -0.136. The smallest absolute Gasteiger partial charge is 0.252 e. The van der Waals surface area contributed by atoms with E-state index in [0.717, 1.165) is 36.6 Å². The lowest BCUT2D eigenvalue weighted by Crippen LogP contribution is -2.49. The van der Waals surface area contributed by atoms with Crippen molar-refractivity contribution in [2.75, 3.05) is 13.1 Å². The topological polar surface area (TPSA) is 75.4 Å². The first-order valence-corrected chi connectivity index (χ1v) is 11.1. The van der Waals surface area contributed by atoms with Crippen LogP contribution in [0.3, 0.4) is 0 Å². The third-order valence-electron chi connectivity index (χ3n) is 6.68. The summed E-state index contributed by atoms with van der Waals surface area (Å²) < 4.78 is 0. The molecule has 2 unspecified atom stereocenters. The molecule has 0 spiro atoms. The Bertz CT molecular complexity index is 883. The number of fused-ring (bicyclic) bond motifs is 1. The second-order valence-corrected chi connectivity index (χ2v) is 8.60. The van der Waals surface area contributed by atoms with Crippen LogP contribution in [0.1, 0.15) is 59.6 Å². The van der Waals surface area contributed by atoms with Crippen molar-refractivity contribution in [3.63, 3.8) is 0 Å². The summed E-state index contributed by atoms with van der Waals surface area (Å²) in [5.74, 6) is 1.10. The van der Waals surface area contributed by atoms with Gasteiger partial charge in [-0.25, -0.2) is 0 Å². The van der Waals surface area contributed by atoms with Gasteiger partial charge in [0.2, 0.25) is 5.91 Å². The maximum atomic E-state index is 13.6. The molecule has 2 aliphatic rings.